The molecule has 0 spiro atoms. The van der Waals surface area contributed by atoms with Crippen LogP contribution < -0.4 is 0 Å². The van der Waals surface area contributed by atoms with E-state index in [1.807, 2.05) is 0 Å². The van der Waals surface area contributed by atoms with Crippen molar-refractivity contribution < 1.29 is 28.6 Å². The molecule has 0 saturated heterocycles. The maximum Gasteiger partial charge on any atom is 0.306 e. The second kappa shape index (κ2) is 62.1. The molecule has 74 heavy (non-hydrogen) atoms. The predicted octanol–water partition coefficient (Wildman–Crippen LogP) is 21.5. The lowest BCUT2D eigenvalue weighted by Crippen LogP contribution is -2.30. The van der Waals surface area contributed by atoms with Crippen molar-refractivity contribution >= 4 is 17.9 Å². The Morgan fingerprint density at radius 3 is 0.892 bits per heavy atom. The number of hydrogen-bond acceptors (Lipinski definition) is 6. The zero-order valence-electron chi connectivity index (χ0n) is 48.8. The molecule has 1 atom stereocenters. The molecule has 0 aromatic rings. The lowest BCUT2D eigenvalue weighted by atomic mass is 10.0. The van der Waals surface area contributed by atoms with Gasteiger partial charge in [-0.3, -0.25) is 14.4 Å². The second-order valence-corrected chi connectivity index (χ2v) is 20.9. The zero-order valence-corrected chi connectivity index (χ0v) is 48.8. The van der Waals surface area contributed by atoms with Gasteiger partial charge >= 0.3 is 17.9 Å². The van der Waals surface area contributed by atoms with E-state index in [2.05, 4.69) is 106 Å². The lowest BCUT2D eigenvalue weighted by Gasteiger charge is -2.18. The first kappa shape index (κ1) is 70.6. The van der Waals surface area contributed by atoms with Crippen LogP contribution in [0.5, 0.6) is 0 Å². The van der Waals surface area contributed by atoms with Crippen molar-refractivity contribution in [3.05, 3.63) is 85.1 Å². The summed E-state index contributed by atoms with van der Waals surface area (Å²) >= 11 is 0. The molecule has 0 bridgehead atoms. The van der Waals surface area contributed by atoms with Crippen LogP contribution in [-0.4, -0.2) is 37.2 Å². The molecular weight excluding hydrogens is 913 g/mol. The average Bonchev–Trinajstić information content (AvgIpc) is 3.40. The van der Waals surface area contributed by atoms with E-state index in [9.17, 15) is 14.4 Å². The lowest BCUT2D eigenvalue weighted by molar-refractivity contribution is -0.167. The van der Waals surface area contributed by atoms with E-state index in [4.69, 9.17) is 14.2 Å². The van der Waals surface area contributed by atoms with Crippen LogP contribution in [0.1, 0.15) is 310 Å². The number of ether oxygens (including phenoxy) is 3. The van der Waals surface area contributed by atoms with Gasteiger partial charge in [0.25, 0.3) is 0 Å². The number of esters is 3. The van der Waals surface area contributed by atoms with Crippen LogP contribution in [0.4, 0.5) is 0 Å². The number of carbonyl (C=O) groups is 3. The molecule has 0 amide bonds. The first-order chi connectivity index (χ1) is 36.5. The van der Waals surface area contributed by atoms with Gasteiger partial charge in [0.15, 0.2) is 6.10 Å². The molecule has 0 radical (unpaired) electrons. The Bertz CT molecular complexity index is 1420. The Morgan fingerprint density at radius 1 is 0.284 bits per heavy atom. The highest BCUT2D eigenvalue weighted by Gasteiger charge is 2.19. The summed E-state index contributed by atoms with van der Waals surface area (Å²) < 4.78 is 16.9. The van der Waals surface area contributed by atoms with Crippen molar-refractivity contribution in [1.29, 1.82) is 0 Å². The van der Waals surface area contributed by atoms with Gasteiger partial charge in [0.05, 0.1) is 0 Å². The summed E-state index contributed by atoms with van der Waals surface area (Å²) in [6.45, 7) is 6.49. The molecule has 0 aromatic carbocycles. The fourth-order valence-corrected chi connectivity index (χ4v) is 8.92. The number of hydrogen-bond donors (Lipinski definition) is 0. The zero-order chi connectivity index (χ0) is 53.6. The molecule has 0 heterocycles. The van der Waals surface area contributed by atoms with Crippen molar-refractivity contribution in [3.8, 4) is 0 Å². The van der Waals surface area contributed by atoms with Gasteiger partial charge in [-0.05, 0) is 89.9 Å². The predicted molar refractivity (Wildman–Crippen MR) is 321 cm³/mol. The maximum absolute atomic E-state index is 12.9. The number of unbranched alkanes of at least 4 members (excludes halogenated alkanes) is 32. The minimum Gasteiger partial charge on any atom is -0.462 e. The van der Waals surface area contributed by atoms with E-state index in [0.717, 1.165) is 89.9 Å². The van der Waals surface area contributed by atoms with Gasteiger partial charge in [-0.25, -0.2) is 0 Å². The first-order valence-corrected chi connectivity index (χ1v) is 31.6. The van der Waals surface area contributed by atoms with E-state index < -0.39 is 6.10 Å². The van der Waals surface area contributed by atoms with E-state index in [-0.39, 0.29) is 37.5 Å². The molecule has 0 aliphatic rings. The van der Waals surface area contributed by atoms with Crippen molar-refractivity contribution in [2.24, 2.45) is 0 Å². The topological polar surface area (TPSA) is 78.9 Å². The highest BCUT2D eigenvalue weighted by atomic mass is 16.6. The van der Waals surface area contributed by atoms with Gasteiger partial charge in [-0.1, -0.05) is 286 Å². The van der Waals surface area contributed by atoms with Gasteiger partial charge in [0.1, 0.15) is 13.2 Å². The van der Waals surface area contributed by atoms with E-state index in [0.29, 0.717) is 19.3 Å². The molecule has 426 valence electrons. The Morgan fingerprint density at radius 2 is 0.541 bits per heavy atom. The highest BCUT2D eigenvalue weighted by Crippen LogP contribution is 2.17. The third-order valence-corrected chi connectivity index (χ3v) is 13.6. The summed E-state index contributed by atoms with van der Waals surface area (Å²) in [7, 11) is 0. The second-order valence-electron chi connectivity index (χ2n) is 20.9. The summed E-state index contributed by atoms with van der Waals surface area (Å²) in [6, 6.07) is 0. The van der Waals surface area contributed by atoms with Crippen LogP contribution in [0, 0.1) is 0 Å². The summed E-state index contributed by atoms with van der Waals surface area (Å²) in [6.07, 6.45) is 81.6. The van der Waals surface area contributed by atoms with Crippen molar-refractivity contribution in [3.63, 3.8) is 0 Å². The quantitative estimate of drug-likeness (QED) is 0.0261. The number of rotatable bonds is 57. The highest BCUT2D eigenvalue weighted by molar-refractivity contribution is 5.71. The van der Waals surface area contributed by atoms with Gasteiger partial charge < -0.3 is 14.2 Å². The van der Waals surface area contributed by atoms with Crippen LogP contribution >= 0.6 is 0 Å². The molecule has 0 N–H and O–H groups in total. The van der Waals surface area contributed by atoms with E-state index in [1.165, 1.54) is 173 Å². The maximum atomic E-state index is 12.9. The molecule has 0 fully saturated rings. The normalized spacial score (nSPS) is 12.6. The van der Waals surface area contributed by atoms with Crippen molar-refractivity contribution in [2.75, 3.05) is 13.2 Å². The third-order valence-electron chi connectivity index (χ3n) is 13.6. The molecule has 0 aliphatic heterocycles. The molecular formula is C68H118O6. The molecule has 6 nitrogen and oxygen atoms in total. The van der Waals surface area contributed by atoms with Gasteiger partial charge in [-0.2, -0.15) is 0 Å². The molecule has 0 aliphatic carbocycles. The summed E-state index contributed by atoms with van der Waals surface area (Å²) in [5.74, 6) is -0.951. The van der Waals surface area contributed by atoms with E-state index >= 15 is 0 Å². The fourth-order valence-electron chi connectivity index (χ4n) is 8.92. The Balaban J connectivity index is 4.42. The number of allylic oxidation sites excluding steroid dienone is 14. The fraction of sp³-hybridized carbons (Fsp3) is 0.750. The molecule has 0 aromatic heterocycles. The molecule has 0 rings (SSSR count). The third kappa shape index (κ3) is 59.5. The van der Waals surface area contributed by atoms with Crippen molar-refractivity contribution in [1.82, 2.24) is 0 Å². The Kier molecular flexibility index (Phi) is 59.3. The first-order valence-electron chi connectivity index (χ1n) is 31.6. The largest absolute Gasteiger partial charge is 0.462 e. The van der Waals surface area contributed by atoms with Crippen LogP contribution in [-0.2, 0) is 28.6 Å². The van der Waals surface area contributed by atoms with Gasteiger partial charge in [0.2, 0.25) is 0 Å². The van der Waals surface area contributed by atoms with E-state index in [1.54, 1.807) is 0 Å². The van der Waals surface area contributed by atoms with Crippen LogP contribution in [0.2, 0.25) is 0 Å². The monoisotopic (exact) mass is 1030 g/mol. The minimum atomic E-state index is -0.804. The Labute approximate surface area is 458 Å². The van der Waals surface area contributed by atoms with Gasteiger partial charge in [0, 0.05) is 19.3 Å². The Hall–Kier alpha value is -3.41. The van der Waals surface area contributed by atoms with Crippen molar-refractivity contribution in [2.45, 2.75) is 316 Å². The van der Waals surface area contributed by atoms with Gasteiger partial charge in [-0.15, -0.1) is 0 Å². The smallest absolute Gasteiger partial charge is 0.306 e. The van der Waals surface area contributed by atoms with Crippen LogP contribution in [0.3, 0.4) is 0 Å². The summed E-state index contributed by atoms with van der Waals surface area (Å²) in [5, 5.41) is 0. The minimum absolute atomic E-state index is 0.0951. The average molecular weight is 1030 g/mol. The summed E-state index contributed by atoms with van der Waals surface area (Å²) in [5.41, 5.74) is 0. The SMILES string of the molecule is CC/C=C\C/C=C\C/C=C\C/C=C\C/C=C\CCCC(=O)OCC(COC(=O)CCCCCCCCCCCCCCCCCCCCCCC)OC(=O)CCCCCCCCC/C=C\C/C=C\CCCCCC. The number of carbonyl (C=O) groups excluding carboxylic acids is 3. The standard InChI is InChI=1S/C68H118O6/c1-4-7-10-13-16-19-22-25-28-31-33-34-35-38-40-43-46-49-52-55-58-61-67(70)73-64-65(63-72-66(69)60-57-54-51-48-45-42-39-36-30-27-24-21-18-15-12-9-6-3)74-68(71)62-59-56-53-50-47-44-41-37-32-29-26-23-20-17-14-11-8-5-2/h9,12,18,20-21,23,27,29-30,32,39,42,48,51,65H,4-8,10-11,13-17,19,22,24-26,28,31,33-38,40-41,43-47,49-50,52-64H2,1-3H3/b12-9-,21-18-,23-20-,30-27-,32-29-,42-39-,51-48-. The van der Waals surface area contributed by atoms with Crippen LogP contribution in [0.25, 0.3) is 0 Å². The molecule has 6 heteroatoms. The molecule has 1 unspecified atom stereocenters. The van der Waals surface area contributed by atoms with Crippen LogP contribution in [0.15, 0.2) is 85.1 Å². The summed E-state index contributed by atoms with van der Waals surface area (Å²) in [4.78, 5) is 38.3. The molecule has 0 saturated carbocycles.